The summed E-state index contributed by atoms with van der Waals surface area (Å²) in [6, 6.07) is 7.98. The van der Waals surface area contributed by atoms with Crippen molar-refractivity contribution in [3.8, 4) is 0 Å². The molecule has 0 aromatic heterocycles. The number of fused-ring (bicyclic) bond motifs is 7. The van der Waals surface area contributed by atoms with Crippen LogP contribution in [-0.2, 0) is 14.3 Å². The summed E-state index contributed by atoms with van der Waals surface area (Å²) in [6.07, 6.45) is 12.3. The molecule has 3 N–H and O–H groups in total. The van der Waals surface area contributed by atoms with Gasteiger partial charge in [0.15, 0.2) is 0 Å². The summed E-state index contributed by atoms with van der Waals surface area (Å²) in [4.78, 5) is 23.8. The number of carbonyl (C=O) groups excluding carboxylic acids is 2. The van der Waals surface area contributed by atoms with Gasteiger partial charge in [0, 0.05) is 12.5 Å². The highest BCUT2D eigenvalue weighted by Gasteiger charge is 2.70. The quantitative estimate of drug-likeness (QED) is 0.330. The number of hydrogen-bond donors (Lipinski definition) is 2. The molecular formula is C39H57NO5. The van der Waals surface area contributed by atoms with Gasteiger partial charge in [0.2, 0.25) is 0 Å². The Labute approximate surface area is 270 Å². The summed E-state index contributed by atoms with van der Waals surface area (Å²) < 4.78 is 10.3. The molecule has 10 atom stereocenters. The molecule has 0 saturated heterocycles. The van der Waals surface area contributed by atoms with Gasteiger partial charge in [-0.2, -0.15) is 0 Å². The minimum absolute atomic E-state index is 0.00377. The Bertz CT molecular complexity index is 1380. The Kier molecular flexibility index (Phi) is 7.76. The Morgan fingerprint density at radius 1 is 0.933 bits per heavy atom. The topological polar surface area (TPSA) is 98.9 Å². The molecule has 1 unspecified atom stereocenters. The van der Waals surface area contributed by atoms with Gasteiger partial charge in [-0.1, -0.05) is 52.8 Å². The van der Waals surface area contributed by atoms with E-state index in [1.807, 2.05) is 19.1 Å². The molecule has 4 saturated carbocycles. The third-order valence-electron chi connectivity index (χ3n) is 15.1. The molecule has 0 bridgehead atoms. The smallest absolute Gasteiger partial charge is 0.337 e. The SMILES string of the molecule is COC(=O)c1ccc(C2=CC[C@]3(C)[C@H]4CC[C@@H]5[C@H]6[C@H](C(C)(O)COC(C)=O)CC[C@]6(N)CC[C@@]5(C)[C@]4(C)CC[C@H]3C2(C)C)cc1. The van der Waals surface area contributed by atoms with Crippen LogP contribution in [-0.4, -0.2) is 41.9 Å². The molecule has 45 heavy (non-hydrogen) atoms. The van der Waals surface area contributed by atoms with Crippen LogP contribution in [0.5, 0.6) is 0 Å². The number of aliphatic hydroxyl groups is 1. The molecule has 4 fully saturated rings. The maximum absolute atomic E-state index is 12.1. The van der Waals surface area contributed by atoms with E-state index in [1.54, 1.807) is 0 Å². The maximum Gasteiger partial charge on any atom is 0.337 e. The first-order valence-electron chi connectivity index (χ1n) is 17.5. The monoisotopic (exact) mass is 619 g/mol. The molecule has 5 aliphatic rings. The summed E-state index contributed by atoms with van der Waals surface area (Å²) in [5, 5.41) is 11.8. The van der Waals surface area contributed by atoms with E-state index in [1.165, 1.54) is 44.4 Å². The van der Waals surface area contributed by atoms with Gasteiger partial charge in [0.1, 0.15) is 6.61 Å². The Hall–Kier alpha value is -2.18. The molecule has 6 rings (SSSR count). The largest absolute Gasteiger partial charge is 0.465 e. The fourth-order valence-corrected chi connectivity index (χ4v) is 12.7. The molecule has 6 nitrogen and oxygen atoms in total. The highest BCUT2D eigenvalue weighted by Crippen LogP contribution is 2.76. The number of esters is 2. The van der Waals surface area contributed by atoms with Gasteiger partial charge in [-0.25, -0.2) is 4.79 Å². The van der Waals surface area contributed by atoms with E-state index in [9.17, 15) is 14.7 Å². The lowest BCUT2D eigenvalue weighted by Gasteiger charge is -2.72. The summed E-state index contributed by atoms with van der Waals surface area (Å²) in [5.41, 5.74) is 9.67. The van der Waals surface area contributed by atoms with Crippen molar-refractivity contribution in [2.24, 2.45) is 57.0 Å². The van der Waals surface area contributed by atoms with Crippen LogP contribution in [0.4, 0.5) is 0 Å². The van der Waals surface area contributed by atoms with Gasteiger partial charge in [-0.05, 0) is 139 Å². The number of benzene rings is 1. The van der Waals surface area contributed by atoms with Crippen LogP contribution < -0.4 is 5.73 Å². The molecule has 5 aliphatic carbocycles. The summed E-state index contributed by atoms with van der Waals surface area (Å²) >= 11 is 0. The van der Waals surface area contributed by atoms with Crippen molar-refractivity contribution in [1.82, 2.24) is 0 Å². The van der Waals surface area contributed by atoms with Crippen molar-refractivity contribution in [2.45, 2.75) is 117 Å². The lowest BCUT2D eigenvalue weighted by atomic mass is 9.33. The maximum atomic E-state index is 12.1. The molecule has 0 spiro atoms. The second-order valence-electron chi connectivity index (χ2n) is 17.3. The van der Waals surface area contributed by atoms with E-state index in [-0.39, 0.29) is 57.6 Å². The minimum Gasteiger partial charge on any atom is -0.465 e. The third-order valence-corrected chi connectivity index (χ3v) is 15.1. The molecule has 1 aromatic carbocycles. The zero-order valence-corrected chi connectivity index (χ0v) is 29.0. The summed E-state index contributed by atoms with van der Waals surface area (Å²) in [7, 11) is 1.43. The number of hydrogen-bond acceptors (Lipinski definition) is 6. The first-order chi connectivity index (χ1) is 20.9. The zero-order valence-electron chi connectivity index (χ0n) is 29.0. The Balaban J connectivity index is 1.32. The lowest BCUT2D eigenvalue weighted by molar-refractivity contribution is -0.225. The van der Waals surface area contributed by atoms with Crippen LogP contribution in [0, 0.1) is 51.2 Å². The predicted octanol–water partition coefficient (Wildman–Crippen LogP) is 7.57. The van der Waals surface area contributed by atoms with Gasteiger partial charge >= 0.3 is 11.9 Å². The second-order valence-corrected chi connectivity index (χ2v) is 17.3. The normalized spacial score (nSPS) is 43.0. The number of carbonyl (C=O) groups is 2. The van der Waals surface area contributed by atoms with Crippen LogP contribution >= 0.6 is 0 Å². The van der Waals surface area contributed by atoms with E-state index in [0.29, 0.717) is 23.3 Å². The standard InChI is InChI=1S/C39H57NO5/c1-24(41)45-23-38(7,43)29-16-20-39(40)22-21-36(5)28(32(29)39)13-14-31-35(4)18-15-27(25-9-11-26(12-10-25)33(42)44-8)34(2,3)30(35)17-19-37(31,36)6/h9-12,15,28-32,43H,13-14,16-23,40H2,1-8H3/t28-,29-,30+,31-,32+,35+,36-,37-,38?,39+/m1/s1. The zero-order chi connectivity index (χ0) is 32.8. The van der Waals surface area contributed by atoms with Crippen LogP contribution in [0.1, 0.15) is 122 Å². The molecule has 0 heterocycles. The summed E-state index contributed by atoms with van der Waals surface area (Å²) in [6.45, 7) is 16.0. The first kappa shape index (κ1) is 32.7. The molecule has 6 heteroatoms. The lowest BCUT2D eigenvalue weighted by Crippen LogP contribution is -2.68. The van der Waals surface area contributed by atoms with Crippen LogP contribution in [0.15, 0.2) is 30.3 Å². The fourth-order valence-electron chi connectivity index (χ4n) is 12.7. The number of allylic oxidation sites excluding steroid dienone is 2. The number of ether oxygens (including phenoxy) is 2. The highest BCUT2D eigenvalue weighted by atomic mass is 16.5. The average Bonchev–Trinajstić information content (AvgIpc) is 3.34. The van der Waals surface area contributed by atoms with E-state index in [0.717, 1.165) is 38.5 Å². The van der Waals surface area contributed by atoms with Crippen molar-refractivity contribution in [1.29, 1.82) is 0 Å². The third kappa shape index (κ3) is 4.70. The molecule has 0 radical (unpaired) electrons. The second kappa shape index (κ2) is 10.7. The number of rotatable bonds is 5. The van der Waals surface area contributed by atoms with Crippen molar-refractivity contribution in [2.75, 3.05) is 13.7 Å². The predicted molar refractivity (Wildman–Crippen MR) is 177 cm³/mol. The molecule has 0 amide bonds. The van der Waals surface area contributed by atoms with Crippen molar-refractivity contribution in [3.63, 3.8) is 0 Å². The van der Waals surface area contributed by atoms with Gasteiger partial charge in [0.05, 0.1) is 18.3 Å². The van der Waals surface area contributed by atoms with Gasteiger partial charge < -0.3 is 20.3 Å². The van der Waals surface area contributed by atoms with E-state index >= 15 is 0 Å². The van der Waals surface area contributed by atoms with Crippen molar-refractivity contribution in [3.05, 3.63) is 41.5 Å². The highest BCUT2D eigenvalue weighted by molar-refractivity contribution is 5.89. The van der Waals surface area contributed by atoms with Crippen LogP contribution in [0.2, 0.25) is 0 Å². The minimum atomic E-state index is -1.08. The van der Waals surface area contributed by atoms with E-state index in [4.69, 9.17) is 15.2 Å². The van der Waals surface area contributed by atoms with Crippen LogP contribution in [0.3, 0.4) is 0 Å². The van der Waals surface area contributed by atoms with Gasteiger partial charge in [-0.3, -0.25) is 4.79 Å². The fraction of sp³-hybridized carbons (Fsp3) is 0.744. The van der Waals surface area contributed by atoms with Crippen molar-refractivity contribution >= 4 is 17.5 Å². The molecule has 0 aliphatic heterocycles. The molecule has 1 aromatic rings. The Morgan fingerprint density at radius 3 is 2.27 bits per heavy atom. The van der Waals surface area contributed by atoms with Crippen molar-refractivity contribution < 1.29 is 24.2 Å². The summed E-state index contributed by atoms with van der Waals surface area (Å²) in [5.74, 6) is 1.23. The van der Waals surface area contributed by atoms with E-state index in [2.05, 4.69) is 52.8 Å². The molecular weight excluding hydrogens is 562 g/mol. The van der Waals surface area contributed by atoms with Gasteiger partial charge in [0.25, 0.3) is 0 Å². The molecule has 248 valence electrons. The Morgan fingerprint density at radius 2 is 1.62 bits per heavy atom. The van der Waals surface area contributed by atoms with E-state index < -0.39 is 5.60 Å². The van der Waals surface area contributed by atoms with Crippen LogP contribution in [0.25, 0.3) is 5.57 Å². The first-order valence-corrected chi connectivity index (χ1v) is 17.5. The van der Waals surface area contributed by atoms with Gasteiger partial charge in [-0.15, -0.1) is 0 Å². The number of nitrogens with two attached hydrogens (primary N) is 1. The number of methoxy groups -OCH3 is 1. The average molecular weight is 620 g/mol.